The molecule has 0 saturated carbocycles. The normalized spacial score (nSPS) is 10.7. The van der Waals surface area contributed by atoms with Gasteiger partial charge in [0.05, 0.1) is 0 Å². The molecule has 0 heterocycles. The Hall–Kier alpha value is 0.680. The maximum absolute atomic E-state index is 5.91. The lowest BCUT2D eigenvalue weighted by Crippen LogP contribution is -1.75. The highest BCUT2D eigenvalue weighted by molar-refractivity contribution is 9.11. The zero-order chi connectivity index (χ0) is 13.1. The monoisotopic (exact) mass is 442 g/mol. The van der Waals surface area contributed by atoms with Gasteiger partial charge in [-0.2, -0.15) is 0 Å². The van der Waals surface area contributed by atoms with Gasteiger partial charge in [0.25, 0.3) is 0 Å². The van der Waals surface area contributed by atoms with Crippen molar-refractivity contribution in [3.05, 3.63) is 55.4 Å². The summed E-state index contributed by atoms with van der Waals surface area (Å²) in [6.45, 7) is 0. The Morgan fingerprint density at radius 2 is 1.11 bits per heavy atom. The molecule has 0 unspecified atom stereocenters. The first kappa shape index (κ1) is 15.1. The summed E-state index contributed by atoms with van der Waals surface area (Å²) in [6, 6.07) is 11.5. The van der Waals surface area contributed by atoms with E-state index in [0.29, 0.717) is 0 Å². The molecule has 2 aromatic carbocycles. The van der Waals surface area contributed by atoms with Crippen LogP contribution in [0.1, 0.15) is 0 Å². The van der Waals surface area contributed by atoms with Crippen molar-refractivity contribution in [1.29, 1.82) is 0 Å². The van der Waals surface area contributed by atoms with Gasteiger partial charge >= 0.3 is 0 Å². The van der Waals surface area contributed by atoms with Crippen molar-refractivity contribution in [3.63, 3.8) is 0 Å². The van der Waals surface area contributed by atoms with Gasteiger partial charge < -0.3 is 0 Å². The Labute approximate surface area is 140 Å². The van der Waals surface area contributed by atoms with E-state index in [4.69, 9.17) is 23.2 Å². The van der Waals surface area contributed by atoms with E-state index in [9.17, 15) is 0 Å². The topological polar surface area (TPSA) is 0 Å². The summed E-state index contributed by atoms with van der Waals surface area (Å²) in [5.74, 6) is 0. The summed E-state index contributed by atoms with van der Waals surface area (Å²) in [7, 11) is 3.33. The van der Waals surface area contributed by atoms with Crippen molar-refractivity contribution in [2.45, 2.75) is 9.79 Å². The molecule has 94 valence electrons. The lowest BCUT2D eigenvalue weighted by atomic mass is 10.4. The van der Waals surface area contributed by atoms with Crippen LogP contribution in [0.3, 0.4) is 0 Å². The highest BCUT2D eigenvalue weighted by atomic mass is 79.9. The van der Waals surface area contributed by atoms with Crippen LogP contribution < -0.4 is 0 Å². The van der Waals surface area contributed by atoms with Gasteiger partial charge in [-0.1, -0.05) is 44.8 Å². The summed E-state index contributed by atoms with van der Waals surface area (Å²) >= 11 is 18.8. The number of hydrogen-bond acceptors (Lipinski definition) is 2. The second kappa shape index (κ2) is 6.91. The number of benzene rings is 2. The third-order valence-electron chi connectivity index (χ3n) is 2.01. The molecule has 0 aliphatic rings. The van der Waals surface area contributed by atoms with Crippen molar-refractivity contribution in [2.75, 3.05) is 0 Å². The van der Waals surface area contributed by atoms with Crippen LogP contribution in [0.15, 0.2) is 55.1 Å². The van der Waals surface area contributed by atoms with Gasteiger partial charge in [-0.05, 0) is 68.3 Å². The third-order valence-corrected chi connectivity index (χ3v) is 6.80. The number of hydrogen-bond donors (Lipinski definition) is 0. The Balaban J connectivity index is 2.11. The molecule has 2 aromatic rings. The maximum Gasteiger partial charge on any atom is 0.0418 e. The van der Waals surface area contributed by atoms with Gasteiger partial charge in [0.1, 0.15) is 0 Å². The molecule has 0 nitrogen and oxygen atoms in total. The first-order chi connectivity index (χ1) is 8.56. The van der Waals surface area contributed by atoms with E-state index in [1.807, 2.05) is 36.4 Å². The fourth-order valence-electron chi connectivity index (χ4n) is 1.18. The fourth-order valence-corrected chi connectivity index (χ4v) is 5.78. The SMILES string of the molecule is Clc1ccc(SSc2ccc(Cl)cc2Br)c(Br)c1. The second-order valence-corrected chi connectivity index (χ2v) is 8.11. The van der Waals surface area contributed by atoms with Gasteiger partial charge in [0, 0.05) is 28.8 Å². The van der Waals surface area contributed by atoms with Gasteiger partial charge in [0.2, 0.25) is 0 Å². The van der Waals surface area contributed by atoms with Crippen LogP contribution in [-0.4, -0.2) is 0 Å². The molecule has 0 saturated heterocycles. The molecular formula is C12H6Br2Cl2S2. The maximum atomic E-state index is 5.91. The van der Waals surface area contributed by atoms with Gasteiger partial charge in [-0.15, -0.1) is 0 Å². The molecule has 0 fully saturated rings. The fraction of sp³-hybridized carbons (Fsp3) is 0. The lowest BCUT2D eigenvalue weighted by Gasteiger charge is -2.06. The molecule has 0 spiro atoms. The van der Waals surface area contributed by atoms with E-state index < -0.39 is 0 Å². The van der Waals surface area contributed by atoms with Crippen LogP contribution in [0, 0.1) is 0 Å². The molecule has 2 rings (SSSR count). The highest BCUT2D eigenvalue weighted by Gasteiger charge is 2.06. The largest absolute Gasteiger partial charge is 0.0843 e. The zero-order valence-electron chi connectivity index (χ0n) is 8.79. The minimum absolute atomic E-state index is 0.726. The van der Waals surface area contributed by atoms with Crippen molar-refractivity contribution < 1.29 is 0 Å². The van der Waals surface area contributed by atoms with E-state index in [0.717, 1.165) is 28.8 Å². The summed E-state index contributed by atoms with van der Waals surface area (Å²) in [5.41, 5.74) is 0. The average molecular weight is 445 g/mol. The molecule has 18 heavy (non-hydrogen) atoms. The van der Waals surface area contributed by atoms with Gasteiger partial charge in [-0.3, -0.25) is 0 Å². The Bertz CT molecular complexity index is 524. The van der Waals surface area contributed by atoms with Crippen molar-refractivity contribution in [3.8, 4) is 0 Å². The smallest absolute Gasteiger partial charge is 0.0418 e. The second-order valence-electron chi connectivity index (χ2n) is 3.32. The molecule has 0 aliphatic heterocycles. The summed E-state index contributed by atoms with van der Waals surface area (Å²) in [5, 5.41) is 1.45. The van der Waals surface area contributed by atoms with Gasteiger partial charge in [-0.25, -0.2) is 0 Å². The predicted octanol–water partition coefficient (Wildman–Crippen LogP) is 7.32. The van der Waals surface area contributed by atoms with E-state index in [-0.39, 0.29) is 0 Å². The minimum atomic E-state index is 0.726. The molecule has 0 aromatic heterocycles. The molecule has 0 amide bonds. The summed E-state index contributed by atoms with van der Waals surface area (Å²) < 4.78 is 2.00. The molecule has 0 bridgehead atoms. The molecular weight excluding hydrogens is 439 g/mol. The minimum Gasteiger partial charge on any atom is -0.0843 e. The van der Waals surface area contributed by atoms with Crippen molar-refractivity contribution >= 4 is 76.6 Å². The van der Waals surface area contributed by atoms with E-state index in [1.54, 1.807) is 21.6 Å². The zero-order valence-corrected chi connectivity index (χ0v) is 15.1. The predicted molar refractivity (Wildman–Crippen MR) is 90.0 cm³/mol. The standard InChI is InChI=1S/C12H6Br2Cl2S2/c13-9-5-7(15)1-3-11(9)17-18-12-4-2-8(16)6-10(12)14/h1-6H. The van der Waals surface area contributed by atoms with E-state index in [1.165, 1.54) is 0 Å². The van der Waals surface area contributed by atoms with Crippen LogP contribution in [0.2, 0.25) is 10.0 Å². The molecule has 0 atom stereocenters. The van der Waals surface area contributed by atoms with Crippen LogP contribution in [0.25, 0.3) is 0 Å². The third kappa shape index (κ3) is 4.09. The summed E-state index contributed by atoms with van der Waals surface area (Å²) in [6.07, 6.45) is 0. The van der Waals surface area contributed by atoms with Crippen LogP contribution in [-0.2, 0) is 0 Å². The Morgan fingerprint density at radius 1 is 0.722 bits per heavy atom. The van der Waals surface area contributed by atoms with E-state index >= 15 is 0 Å². The highest BCUT2D eigenvalue weighted by Crippen LogP contribution is 2.44. The Morgan fingerprint density at radius 3 is 1.44 bits per heavy atom. The molecule has 6 heteroatoms. The van der Waals surface area contributed by atoms with Crippen molar-refractivity contribution in [1.82, 2.24) is 0 Å². The number of rotatable bonds is 3. The number of halogens is 4. The van der Waals surface area contributed by atoms with Gasteiger partial charge in [0.15, 0.2) is 0 Å². The lowest BCUT2D eigenvalue weighted by molar-refractivity contribution is 1.41. The molecule has 0 N–H and O–H groups in total. The first-order valence-corrected chi connectivity index (χ1v) is 9.30. The summed E-state index contributed by atoms with van der Waals surface area (Å²) in [4.78, 5) is 2.26. The van der Waals surface area contributed by atoms with Crippen LogP contribution >= 0.6 is 76.6 Å². The van der Waals surface area contributed by atoms with Crippen LogP contribution in [0.5, 0.6) is 0 Å². The molecule has 0 aliphatic carbocycles. The quantitative estimate of drug-likeness (QED) is 0.455. The van der Waals surface area contributed by atoms with E-state index in [2.05, 4.69) is 31.9 Å². The first-order valence-electron chi connectivity index (χ1n) is 4.81. The molecule has 0 radical (unpaired) electrons. The van der Waals surface area contributed by atoms with Crippen LogP contribution in [0.4, 0.5) is 0 Å². The Kier molecular flexibility index (Phi) is 5.79. The van der Waals surface area contributed by atoms with Crippen molar-refractivity contribution in [2.24, 2.45) is 0 Å². The average Bonchev–Trinajstić information content (AvgIpc) is 2.30.